The first-order chi connectivity index (χ1) is 21.1. The molecule has 0 radical (unpaired) electrons. The minimum atomic E-state index is -2.71. The highest BCUT2D eigenvalue weighted by molar-refractivity contribution is 7.76. The van der Waals surface area contributed by atoms with Crippen molar-refractivity contribution in [1.29, 1.82) is 0 Å². The van der Waals surface area contributed by atoms with Crippen molar-refractivity contribution in [1.82, 2.24) is 24.0 Å². The highest BCUT2D eigenvalue weighted by atomic mass is 32.2. The Bertz CT molecular complexity index is 1850. The maximum absolute atomic E-state index is 13.2. The molecule has 44 heavy (non-hydrogen) atoms. The number of hydrogen-bond acceptors (Lipinski definition) is 8. The van der Waals surface area contributed by atoms with Gasteiger partial charge in [-0.25, -0.2) is 9.80 Å². The van der Waals surface area contributed by atoms with Crippen molar-refractivity contribution >= 4 is 33.8 Å². The quantitative estimate of drug-likeness (QED) is 0.223. The predicted molar refractivity (Wildman–Crippen MR) is 165 cm³/mol. The molecule has 3 heterocycles. The number of piperazine rings is 1. The van der Waals surface area contributed by atoms with E-state index in [0.717, 1.165) is 25.8 Å². The Morgan fingerprint density at radius 2 is 1.66 bits per heavy atom. The van der Waals surface area contributed by atoms with Crippen molar-refractivity contribution in [3.05, 3.63) is 105 Å². The summed E-state index contributed by atoms with van der Waals surface area (Å²) in [4.78, 5) is 46.3. The van der Waals surface area contributed by atoms with E-state index in [1.165, 1.54) is 0 Å². The van der Waals surface area contributed by atoms with Crippen LogP contribution in [0.25, 0.3) is 10.9 Å². The number of benzene rings is 2. The van der Waals surface area contributed by atoms with E-state index < -0.39 is 40.4 Å². The summed E-state index contributed by atoms with van der Waals surface area (Å²) in [6, 6.07) is 15.0. The van der Waals surface area contributed by atoms with Crippen molar-refractivity contribution in [2.45, 2.75) is 26.4 Å². The lowest BCUT2D eigenvalue weighted by molar-refractivity contribution is -0.149. The number of aromatic nitrogens is 3. The molecule has 0 bridgehead atoms. The second-order valence-corrected chi connectivity index (χ2v) is 11.5. The SMILES string of the molecule is CC(C)C(C(=O)O)N(N1CCN(c2ccc(C#Cc3ccc4[nH]c(=O)n(Cc5ccncc5)c(=O)c4c3)cc2)CC1)S(=O)[O-]. The number of carboxylic acid groups (broad SMARTS) is 1. The molecule has 0 aliphatic carbocycles. The summed E-state index contributed by atoms with van der Waals surface area (Å²) in [5.41, 5.74) is 2.66. The zero-order chi connectivity index (χ0) is 31.4. The minimum absolute atomic E-state index is 0.126. The van der Waals surface area contributed by atoms with Gasteiger partial charge >= 0.3 is 11.7 Å². The van der Waals surface area contributed by atoms with Gasteiger partial charge in [0, 0.05) is 66.7 Å². The van der Waals surface area contributed by atoms with Crippen LogP contribution in [-0.2, 0) is 22.6 Å². The molecule has 2 atom stereocenters. The summed E-state index contributed by atoms with van der Waals surface area (Å²) >= 11 is -2.71. The molecule has 12 nitrogen and oxygen atoms in total. The van der Waals surface area contributed by atoms with Crippen LogP contribution in [0.4, 0.5) is 5.69 Å². The average molecular weight is 616 g/mol. The van der Waals surface area contributed by atoms with E-state index in [2.05, 4.69) is 26.7 Å². The summed E-state index contributed by atoms with van der Waals surface area (Å²) in [6.07, 6.45) is 3.22. The molecular formula is C31H31N6O6S-. The monoisotopic (exact) mass is 615 g/mol. The third-order valence-corrected chi connectivity index (χ3v) is 8.23. The molecule has 0 saturated carbocycles. The van der Waals surface area contributed by atoms with Crippen molar-refractivity contribution in [2.75, 3.05) is 31.1 Å². The number of fused-ring (bicyclic) bond motifs is 1. The topological polar surface area (TPSA) is 155 Å². The average Bonchev–Trinajstić information content (AvgIpc) is 3.01. The lowest BCUT2D eigenvalue weighted by atomic mass is 10.1. The Labute approximate surface area is 256 Å². The van der Waals surface area contributed by atoms with Gasteiger partial charge in [0.05, 0.1) is 17.4 Å². The Morgan fingerprint density at radius 1 is 1.02 bits per heavy atom. The summed E-state index contributed by atoms with van der Waals surface area (Å²) in [5, 5.41) is 11.5. The molecular weight excluding hydrogens is 584 g/mol. The molecule has 1 aliphatic rings. The van der Waals surface area contributed by atoms with E-state index in [0.29, 0.717) is 42.6 Å². The molecule has 1 fully saturated rings. The predicted octanol–water partition coefficient (Wildman–Crippen LogP) is 1.78. The molecule has 0 amide bonds. The first-order valence-electron chi connectivity index (χ1n) is 14.0. The Hall–Kier alpha value is -4.61. The molecule has 1 aliphatic heterocycles. The fourth-order valence-corrected chi connectivity index (χ4v) is 6.06. The Balaban J connectivity index is 1.28. The number of hydrogen-bond donors (Lipinski definition) is 2. The van der Waals surface area contributed by atoms with Crippen molar-refractivity contribution < 1.29 is 18.7 Å². The number of pyridine rings is 1. The van der Waals surface area contributed by atoms with E-state index in [1.54, 1.807) is 61.6 Å². The van der Waals surface area contributed by atoms with Gasteiger partial charge in [0.2, 0.25) is 0 Å². The molecule has 1 saturated heterocycles. The van der Waals surface area contributed by atoms with Crippen LogP contribution >= 0.6 is 0 Å². The van der Waals surface area contributed by atoms with E-state index in [4.69, 9.17) is 0 Å². The van der Waals surface area contributed by atoms with Gasteiger partial charge in [-0.2, -0.15) is 4.41 Å². The normalized spacial score (nSPS) is 15.2. The minimum Gasteiger partial charge on any atom is -0.759 e. The number of nitrogens with zero attached hydrogens (tertiary/aromatic N) is 5. The van der Waals surface area contributed by atoms with Crippen molar-refractivity contribution in [3.63, 3.8) is 0 Å². The largest absolute Gasteiger partial charge is 0.759 e. The smallest absolute Gasteiger partial charge is 0.329 e. The molecule has 2 aromatic carbocycles. The van der Waals surface area contributed by atoms with Crippen LogP contribution in [0.15, 0.2) is 76.6 Å². The maximum atomic E-state index is 13.2. The second kappa shape index (κ2) is 13.4. The highest BCUT2D eigenvalue weighted by Crippen LogP contribution is 2.21. The van der Waals surface area contributed by atoms with E-state index in [1.807, 2.05) is 24.3 Å². The molecule has 13 heteroatoms. The Kier molecular flexibility index (Phi) is 9.36. The standard InChI is InChI=1S/C31H32N6O6S/c1-21(2)28(30(39)40)37(44(42)43)35-17-15-34(16-18-35)25-8-5-22(6-9-25)3-4-23-7-10-27-26(19-23)29(38)36(31(41)33-27)20-24-11-13-32-14-12-24/h5-14,19,21,28H,15-18,20H2,1-2H3,(H,33,41)(H,39,40)(H,42,43)/p-1. The van der Waals surface area contributed by atoms with Crippen LogP contribution < -0.4 is 16.1 Å². The maximum Gasteiger partial charge on any atom is 0.329 e. The number of hydrazine groups is 1. The van der Waals surface area contributed by atoms with Gasteiger partial charge in [0.25, 0.3) is 5.56 Å². The van der Waals surface area contributed by atoms with Gasteiger partial charge in [-0.3, -0.25) is 23.3 Å². The first kappa shape index (κ1) is 30.8. The highest BCUT2D eigenvalue weighted by Gasteiger charge is 2.35. The van der Waals surface area contributed by atoms with Gasteiger partial charge in [0.15, 0.2) is 0 Å². The summed E-state index contributed by atoms with van der Waals surface area (Å²) in [5.74, 6) is 4.63. The van der Waals surface area contributed by atoms with E-state index >= 15 is 0 Å². The van der Waals surface area contributed by atoms with Crippen LogP contribution in [0.2, 0.25) is 0 Å². The van der Waals surface area contributed by atoms with Gasteiger partial charge in [-0.15, -0.1) is 0 Å². The van der Waals surface area contributed by atoms with Crippen molar-refractivity contribution in [2.24, 2.45) is 5.92 Å². The molecule has 2 N–H and O–H groups in total. The molecule has 228 valence electrons. The third kappa shape index (κ3) is 6.79. The van der Waals surface area contributed by atoms with Crippen LogP contribution in [0, 0.1) is 17.8 Å². The summed E-state index contributed by atoms with van der Waals surface area (Å²) in [6.45, 7) is 5.22. The molecule has 5 rings (SSSR count). The van der Waals surface area contributed by atoms with Crippen LogP contribution in [0.3, 0.4) is 0 Å². The number of H-pyrrole nitrogens is 1. The van der Waals surface area contributed by atoms with Gasteiger partial charge < -0.3 is 19.5 Å². The van der Waals surface area contributed by atoms with E-state index in [-0.39, 0.29) is 6.54 Å². The van der Waals surface area contributed by atoms with Crippen LogP contribution in [-0.4, -0.2) is 76.0 Å². The molecule has 2 aromatic heterocycles. The van der Waals surface area contributed by atoms with Crippen LogP contribution in [0.5, 0.6) is 0 Å². The second-order valence-electron chi connectivity index (χ2n) is 10.7. The van der Waals surface area contributed by atoms with Crippen LogP contribution in [0.1, 0.15) is 30.5 Å². The molecule has 0 spiro atoms. The van der Waals surface area contributed by atoms with E-state index in [9.17, 15) is 28.3 Å². The van der Waals surface area contributed by atoms with Gasteiger partial charge in [-0.05, 0) is 66.1 Å². The zero-order valence-corrected chi connectivity index (χ0v) is 25.0. The third-order valence-electron chi connectivity index (χ3n) is 7.47. The number of nitrogens with one attached hydrogen (secondary N) is 1. The number of aliphatic carboxylic acids is 1. The molecule has 2 unspecified atom stereocenters. The Morgan fingerprint density at radius 3 is 2.27 bits per heavy atom. The number of carbonyl (C=O) groups is 1. The number of anilines is 1. The van der Waals surface area contributed by atoms with Gasteiger partial charge in [-0.1, -0.05) is 25.7 Å². The fraction of sp³-hybridized carbons (Fsp3) is 0.290. The lowest BCUT2D eigenvalue weighted by Gasteiger charge is -2.45. The van der Waals surface area contributed by atoms with Gasteiger partial charge in [0.1, 0.15) is 6.04 Å². The van der Waals surface area contributed by atoms with Crippen molar-refractivity contribution in [3.8, 4) is 11.8 Å². The fourth-order valence-electron chi connectivity index (χ4n) is 5.19. The zero-order valence-electron chi connectivity index (χ0n) is 24.2. The summed E-state index contributed by atoms with van der Waals surface area (Å²) in [7, 11) is 0. The summed E-state index contributed by atoms with van der Waals surface area (Å²) < 4.78 is 26.0. The lowest BCUT2D eigenvalue weighted by Crippen LogP contribution is -2.60. The first-order valence-corrected chi connectivity index (χ1v) is 15.0. The molecule has 4 aromatic rings. The number of aromatic amines is 1. The number of rotatable bonds is 8. The number of carboxylic acids is 1.